The van der Waals surface area contributed by atoms with Crippen LogP contribution in [0.25, 0.3) is 0 Å². The summed E-state index contributed by atoms with van der Waals surface area (Å²) in [6, 6.07) is 0. The number of rotatable bonds is 8. The molecule has 180 valence electrons. The van der Waals surface area contributed by atoms with Crippen LogP contribution in [-0.4, -0.2) is 47.1 Å². The third-order valence-corrected chi connectivity index (χ3v) is 9.74. The van der Waals surface area contributed by atoms with E-state index in [0.29, 0.717) is 31.3 Å². The number of fused-ring (bicyclic) bond motifs is 5. The predicted octanol–water partition coefficient (Wildman–Crippen LogP) is 3.93. The first-order chi connectivity index (χ1) is 15.2. The highest BCUT2D eigenvalue weighted by atomic mass is 16.7. The van der Waals surface area contributed by atoms with Gasteiger partial charge in [-0.05, 0) is 80.6 Å². The lowest BCUT2D eigenvalue weighted by atomic mass is 9.46. The maximum atomic E-state index is 13.2. The van der Waals surface area contributed by atoms with Crippen LogP contribution < -0.4 is 0 Å². The van der Waals surface area contributed by atoms with E-state index in [2.05, 4.69) is 20.8 Å². The zero-order valence-corrected chi connectivity index (χ0v) is 19.9. The fraction of sp³-hybridized carbons (Fsp3) is 0.846. The second-order valence-corrected chi connectivity index (χ2v) is 11.1. The van der Waals surface area contributed by atoms with Crippen LogP contribution in [0.3, 0.4) is 0 Å². The van der Waals surface area contributed by atoms with E-state index >= 15 is 0 Å². The normalized spacial score (nSPS) is 41.1. The van der Waals surface area contributed by atoms with E-state index < -0.39 is 23.1 Å². The van der Waals surface area contributed by atoms with E-state index in [1.165, 1.54) is 5.57 Å². The molecule has 3 saturated carbocycles. The van der Waals surface area contributed by atoms with Crippen molar-refractivity contribution in [3.63, 3.8) is 0 Å². The van der Waals surface area contributed by atoms with Gasteiger partial charge in [0.05, 0.1) is 0 Å². The van der Waals surface area contributed by atoms with Gasteiger partial charge >= 0.3 is 0 Å². The minimum Gasteiger partial charge on any atom is -0.362 e. The van der Waals surface area contributed by atoms with Gasteiger partial charge < -0.3 is 19.7 Å². The molecule has 0 aromatic carbocycles. The maximum absolute atomic E-state index is 13.2. The van der Waals surface area contributed by atoms with Gasteiger partial charge in [0.15, 0.2) is 5.78 Å². The van der Waals surface area contributed by atoms with Gasteiger partial charge in [-0.25, -0.2) is 0 Å². The highest BCUT2D eigenvalue weighted by Crippen LogP contribution is 2.68. The lowest BCUT2D eigenvalue weighted by Crippen LogP contribution is -2.60. The standard InChI is InChI=1S/C26H40O6/c1-4-5-14-31-16-32-26(22(28)23(29)30)13-10-21-19-7-6-17-15-18(27)8-11-24(17,2)20(19)9-12-25(21,26)3/h15,19-21,23,29-30H,4-14,16H2,1-3H3/t19-,20+,21+,24+,25+,26+/m1/s1. The molecule has 6 nitrogen and oxygen atoms in total. The Kier molecular flexibility index (Phi) is 6.72. The highest BCUT2D eigenvalue weighted by Gasteiger charge is 2.68. The average Bonchev–Trinajstić information content (AvgIpc) is 3.06. The summed E-state index contributed by atoms with van der Waals surface area (Å²) in [4.78, 5) is 25.3. The molecule has 0 saturated heterocycles. The molecule has 0 unspecified atom stereocenters. The molecule has 4 aliphatic rings. The first-order valence-corrected chi connectivity index (χ1v) is 12.6. The minimum absolute atomic E-state index is 0.00157. The predicted molar refractivity (Wildman–Crippen MR) is 119 cm³/mol. The van der Waals surface area contributed by atoms with Crippen molar-refractivity contribution in [2.75, 3.05) is 13.4 Å². The summed E-state index contributed by atoms with van der Waals surface area (Å²) in [6.45, 7) is 7.13. The Morgan fingerprint density at radius 1 is 1.12 bits per heavy atom. The van der Waals surface area contributed by atoms with E-state index in [0.717, 1.165) is 51.4 Å². The Bertz CT molecular complexity index is 774. The van der Waals surface area contributed by atoms with E-state index in [-0.39, 0.29) is 23.9 Å². The summed E-state index contributed by atoms with van der Waals surface area (Å²) < 4.78 is 11.9. The average molecular weight is 449 g/mol. The van der Waals surface area contributed by atoms with Crippen molar-refractivity contribution >= 4 is 11.6 Å². The molecule has 0 radical (unpaired) electrons. The van der Waals surface area contributed by atoms with Gasteiger partial charge in [0.1, 0.15) is 12.4 Å². The van der Waals surface area contributed by atoms with Crippen LogP contribution in [-0.2, 0) is 19.1 Å². The van der Waals surface area contributed by atoms with Crippen molar-refractivity contribution in [3.05, 3.63) is 11.6 Å². The quantitative estimate of drug-likeness (QED) is 0.432. The van der Waals surface area contributed by atoms with Crippen molar-refractivity contribution in [2.45, 2.75) is 96.9 Å². The molecule has 0 aromatic rings. The third kappa shape index (κ3) is 3.62. The van der Waals surface area contributed by atoms with Crippen LogP contribution in [0.1, 0.15) is 85.0 Å². The molecule has 6 heteroatoms. The number of ether oxygens (including phenoxy) is 2. The number of aliphatic hydroxyl groups is 2. The number of hydrogen-bond acceptors (Lipinski definition) is 6. The van der Waals surface area contributed by atoms with Gasteiger partial charge in [0.25, 0.3) is 0 Å². The summed E-state index contributed by atoms with van der Waals surface area (Å²) in [7, 11) is 0. The molecule has 0 heterocycles. The zero-order valence-electron chi connectivity index (χ0n) is 19.9. The lowest BCUT2D eigenvalue weighted by molar-refractivity contribution is -0.220. The van der Waals surface area contributed by atoms with Crippen LogP contribution in [0.2, 0.25) is 0 Å². The van der Waals surface area contributed by atoms with Crippen LogP contribution in [0.5, 0.6) is 0 Å². The molecule has 2 N–H and O–H groups in total. The third-order valence-electron chi connectivity index (χ3n) is 9.74. The summed E-state index contributed by atoms with van der Waals surface area (Å²) in [5, 5.41) is 19.8. The summed E-state index contributed by atoms with van der Waals surface area (Å²) in [5.74, 6) is 0.885. The van der Waals surface area contributed by atoms with Gasteiger partial charge in [0, 0.05) is 18.4 Å². The van der Waals surface area contributed by atoms with E-state index in [1.54, 1.807) is 0 Å². The fourth-order valence-electron chi connectivity index (χ4n) is 7.93. The van der Waals surface area contributed by atoms with E-state index in [1.807, 2.05) is 6.08 Å². The lowest BCUT2D eigenvalue weighted by Gasteiger charge is -2.59. The molecule has 4 rings (SSSR count). The Balaban J connectivity index is 1.60. The first kappa shape index (κ1) is 24.1. The van der Waals surface area contributed by atoms with Gasteiger partial charge in [-0.2, -0.15) is 0 Å². The molecule has 0 bridgehead atoms. The first-order valence-electron chi connectivity index (χ1n) is 12.6. The number of allylic oxidation sites excluding steroid dienone is 1. The van der Waals surface area contributed by atoms with E-state index in [9.17, 15) is 19.8 Å². The van der Waals surface area contributed by atoms with Crippen LogP contribution >= 0.6 is 0 Å². The summed E-state index contributed by atoms with van der Waals surface area (Å²) in [5.41, 5.74) is -0.285. The molecule has 32 heavy (non-hydrogen) atoms. The molecular formula is C26H40O6. The topological polar surface area (TPSA) is 93.1 Å². The second kappa shape index (κ2) is 8.94. The molecule has 0 spiro atoms. The molecule has 0 aliphatic heterocycles. The Morgan fingerprint density at radius 3 is 2.59 bits per heavy atom. The van der Waals surface area contributed by atoms with E-state index in [4.69, 9.17) is 9.47 Å². The van der Waals surface area contributed by atoms with Crippen LogP contribution in [0.15, 0.2) is 11.6 Å². The van der Waals surface area contributed by atoms with Crippen molar-refractivity contribution in [1.82, 2.24) is 0 Å². The van der Waals surface area contributed by atoms with Gasteiger partial charge in [-0.3, -0.25) is 9.59 Å². The number of unbranched alkanes of at least 4 members (excludes halogenated alkanes) is 1. The largest absolute Gasteiger partial charge is 0.362 e. The van der Waals surface area contributed by atoms with Gasteiger partial charge in [-0.1, -0.05) is 32.8 Å². The van der Waals surface area contributed by atoms with Crippen LogP contribution in [0, 0.1) is 28.6 Å². The van der Waals surface area contributed by atoms with Gasteiger partial charge in [0.2, 0.25) is 12.1 Å². The van der Waals surface area contributed by atoms with Crippen molar-refractivity contribution in [2.24, 2.45) is 28.6 Å². The van der Waals surface area contributed by atoms with Crippen molar-refractivity contribution in [1.29, 1.82) is 0 Å². The van der Waals surface area contributed by atoms with Crippen molar-refractivity contribution in [3.8, 4) is 0 Å². The highest BCUT2D eigenvalue weighted by molar-refractivity contribution is 5.92. The number of Topliss-reactive ketones (excluding diaryl/α,β-unsaturated/α-hetero) is 1. The summed E-state index contributed by atoms with van der Waals surface area (Å²) in [6.07, 6.45) is 8.46. The number of ketones is 2. The fourth-order valence-corrected chi connectivity index (χ4v) is 7.93. The molecule has 6 atom stereocenters. The molecule has 0 aromatic heterocycles. The molecule has 3 fully saturated rings. The van der Waals surface area contributed by atoms with Gasteiger partial charge in [-0.15, -0.1) is 0 Å². The summed E-state index contributed by atoms with van der Waals surface area (Å²) >= 11 is 0. The second-order valence-electron chi connectivity index (χ2n) is 11.1. The SMILES string of the molecule is CCCCOCO[C@]1(C(=O)C(O)O)CC[C@H]2[C@@H]3CCC4=CC(=O)CC[C@]4(C)[C@H]3CC[C@@]21C. The Morgan fingerprint density at radius 2 is 1.88 bits per heavy atom. The number of carbonyl (C=O) groups excluding carboxylic acids is 2. The van der Waals surface area contributed by atoms with Crippen LogP contribution in [0.4, 0.5) is 0 Å². The van der Waals surface area contributed by atoms with Crippen molar-refractivity contribution < 1.29 is 29.3 Å². The molecule has 4 aliphatic carbocycles. The smallest absolute Gasteiger partial charge is 0.220 e. The molecule has 0 amide bonds. The monoisotopic (exact) mass is 448 g/mol. The molecular weight excluding hydrogens is 408 g/mol. The maximum Gasteiger partial charge on any atom is 0.220 e. The minimum atomic E-state index is -2.04. The number of aliphatic hydroxyl groups excluding tert-OH is 1. The number of hydrogen-bond donors (Lipinski definition) is 2. The zero-order chi connectivity index (χ0) is 23.1. The number of carbonyl (C=O) groups is 2. The Labute approximate surface area is 191 Å². The Hall–Kier alpha value is -1.08.